The third-order valence-corrected chi connectivity index (χ3v) is 4.28. The van der Waals surface area contributed by atoms with Crippen molar-refractivity contribution in [2.24, 2.45) is 0 Å². The molecule has 2 atom stereocenters. The number of carbonyl (C=O) groups is 2. The molecule has 2 amide bonds. The van der Waals surface area contributed by atoms with Crippen molar-refractivity contribution in [1.82, 2.24) is 15.2 Å². The quantitative estimate of drug-likeness (QED) is 0.740. The molecule has 0 aliphatic carbocycles. The Bertz CT molecular complexity index is 486. The van der Waals surface area contributed by atoms with Crippen molar-refractivity contribution < 1.29 is 14.7 Å². The fourth-order valence-electron chi connectivity index (χ4n) is 3.37. The second-order valence-corrected chi connectivity index (χ2v) is 5.64. The molecule has 6 nitrogen and oxygen atoms in total. The maximum Gasteiger partial charge on any atom is 0.274 e. The lowest BCUT2D eigenvalue weighted by Crippen LogP contribution is -2.49. The Balaban J connectivity index is 1.56. The molecule has 2 fully saturated rings. The SMILES string of the molecule is O=C(CN1C2CCC1CC(O)C2)NC(=O)c1ccc[nH]1. The zero-order valence-corrected chi connectivity index (χ0v) is 11.2. The molecule has 2 unspecified atom stereocenters. The van der Waals surface area contributed by atoms with Crippen LogP contribution in [0.1, 0.15) is 36.2 Å². The van der Waals surface area contributed by atoms with Crippen LogP contribution in [0.15, 0.2) is 18.3 Å². The number of H-pyrrole nitrogens is 1. The summed E-state index contributed by atoms with van der Waals surface area (Å²) >= 11 is 0. The lowest BCUT2D eigenvalue weighted by atomic mass is 10.00. The van der Waals surface area contributed by atoms with Crippen molar-refractivity contribution in [1.29, 1.82) is 0 Å². The van der Waals surface area contributed by atoms with E-state index in [-0.39, 0.29) is 30.6 Å². The number of hydrogen-bond acceptors (Lipinski definition) is 4. The van der Waals surface area contributed by atoms with Crippen molar-refractivity contribution in [3.8, 4) is 0 Å². The Hall–Kier alpha value is -1.66. The second-order valence-electron chi connectivity index (χ2n) is 5.64. The van der Waals surface area contributed by atoms with Gasteiger partial charge in [0.05, 0.1) is 12.6 Å². The third-order valence-electron chi connectivity index (χ3n) is 4.28. The highest BCUT2D eigenvalue weighted by Crippen LogP contribution is 2.35. The molecule has 0 radical (unpaired) electrons. The van der Waals surface area contributed by atoms with Crippen LogP contribution in [0.3, 0.4) is 0 Å². The number of aromatic amines is 1. The van der Waals surface area contributed by atoms with E-state index in [2.05, 4.69) is 15.2 Å². The summed E-state index contributed by atoms with van der Waals surface area (Å²) in [6, 6.07) is 3.89. The molecular formula is C14H19N3O3. The number of amides is 2. The molecule has 2 aliphatic heterocycles. The van der Waals surface area contributed by atoms with E-state index < -0.39 is 5.91 Å². The number of nitrogens with one attached hydrogen (secondary N) is 2. The summed E-state index contributed by atoms with van der Waals surface area (Å²) in [4.78, 5) is 28.6. The first-order valence-corrected chi connectivity index (χ1v) is 7.05. The molecular weight excluding hydrogens is 258 g/mol. The zero-order valence-electron chi connectivity index (χ0n) is 11.2. The molecule has 108 valence electrons. The lowest BCUT2D eigenvalue weighted by Gasteiger charge is -2.36. The predicted molar refractivity (Wildman–Crippen MR) is 72.0 cm³/mol. The van der Waals surface area contributed by atoms with E-state index >= 15 is 0 Å². The van der Waals surface area contributed by atoms with Gasteiger partial charge in [0.25, 0.3) is 5.91 Å². The molecule has 2 bridgehead atoms. The molecule has 0 aromatic carbocycles. The zero-order chi connectivity index (χ0) is 14.1. The number of carbonyl (C=O) groups excluding carboxylic acids is 2. The molecule has 3 heterocycles. The van der Waals surface area contributed by atoms with E-state index in [1.54, 1.807) is 18.3 Å². The number of nitrogens with zero attached hydrogens (tertiary/aromatic N) is 1. The molecule has 20 heavy (non-hydrogen) atoms. The summed E-state index contributed by atoms with van der Waals surface area (Å²) in [5, 5.41) is 12.1. The van der Waals surface area contributed by atoms with Crippen molar-refractivity contribution in [3.05, 3.63) is 24.0 Å². The minimum atomic E-state index is -0.399. The summed E-state index contributed by atoms with van der Waals surface area (Å²) in [6.07, 6.45) is 4.92. The van der Waals surface area contributed by atoms with Gasteiger partial charge in [-0.1, -0.05) is 0 Å². The van der Waals surface area contributed by atoms with Gasteiger partial charge >= 0.3 is 0 Å². The van der Waals surface area contributed by atoms with E-state index in [1.807, 2.05) is 0 Å². The number of hydrogen-bond donors (Lipinski definition) is 3. The number of aromatic nitrogens is 1. The topological polar surface area (TPSA) is 85.4 Å². The minimum absolute atomic E-state index is 0.231. The number of fused-ring (bicyclic) bond motifs is 2. The maximum atomic E-state index is 12.0. The van der Waals surface area contributed by atoms with Crippen LogP contribution in [0.4, 0.5) is 0 Å². The van der Waals surface area contributed by atoms with Crippen LogP contribution >= 0.6 is 0 Å². The molecule has 1 aromatic heterocycles. The normalized spacial score (nSPS) is 29.4. The minimum Gasteiger partial charge on any atom is -0.393 e. The van der Waals surface area contributed by atoms with Crippen molar-refractivity contribution in [2.75, 3.05) is 6.54 Å². The van der Waals surface area contributed by atoms with Crippen LogP contribution in [-0.4, -0.2) is 51.5 Å². The molecule has 1 aromatic rings. The number of aliphatic hydroxyl groups is 1. The fraction of sp³-hybridized carbons (Fsp3) is 0.571. The second kappa shape index (κ2) is 5.38. The summed E-state index contributed by atoms with van der Waals surface area (Å²) in [5.74, 6) is -0.678. The Morgan fingerprint density at radius 1 is 1.35 bits per heavy atom. The molecule has 2 aliphatic rings. The van der Waals surface area contributed by atoms with Gasteiger partial charge in [-0.2, -0.15) is 0 Å². The van der Waals surface area contributed by atoms with Gasteiger partial charge in [-0.25, -0.2) is 0 Å². The summed E-state index contributed by atoms with van der Waals surface area (Å²) in [6.45, 7) is 0.231. The fourth-order valence-corrected chi connectivity index (χ4v) is 3.37. The largest absolute Gasteiger partial charge is 0.393 e. The molecule has 0 saturated carbocycles. The van der Waals surface area contributed by atoms with Crippen LogP contribution in [0, 0.1) is 0 Å². The van der Waals surface area contributed by atoms with Crippen molar-refractivity contribution in [3.63, 3.8) is 0 Å². The lowest BCUT2D eigenvalue weighted by molar-refractivity contribution is -0.123. The van der Waals surface area contributed by atoms with Crippen LogP contribution in [-0.2, 0) is 4.79 Å². The maximum absolute atomic E-state index is 12.0. The van der Waals surface area contributed by atoms with Gasteiger partial charge in [0.15, 0.2) is 0 Å². The summed E-state index contributed by atoms with van der Waals surface area (Å²) < 4.78 is 0. The van der Waals surface area contributed by atoms with Crippen molar-refractivity contribution >= 4 is 11.8 Å². The molecule has 2 saturated heterocycles. The van der Waals surface area contributed by atoms with Gasteiger partial charge in [-0.3, -0.25) is 19.8 Å². The predicted octanol–water partition coefficient (Wildman–Crippen LogP) is 0.259. The molecule has 6 heteroatoms. The van der Waals surface area contributed by atoms with E-state index in [0.717, 1.165) is 25.7 Å². The molecule has 3 rings (SSSR count). The first kappa shape index (κ1) is 13.3. The highest BCUT2D eigenvalue weighted by Gasteiger charge is 2.40. The average Bonchev–Trinajstić information content (AvgIpc) is 2.99. The first-order chi connectivity index (χ1) is 9.63. The Morgan fingerprint density at radius 3 is 2.65 bits per heavy atom. The Kier molecular flexibility index (Phi) is 3.58. The van der Waals surface area contributed by atoms with Crippen LogP contribution in [0.25, 0.3) is 0 Å². The van der Waals surface area contributed by atoms with Crippen LogP contribution < -0.4 is 5.32 Å². The van der Waals surface area contributed by atoms with Crippen LogP contribution in [0.2, 0.25) is 0 Å². The number of piperidine rings is 1. The third kappa shape index (κ3) is 2.62. The molecule has 0 spiro atoms. The Labute approximate surface area is 117 Å². The summed E-state index contributed by atoms with van der Waals surface area (Å²) in [5.41, 5.74) is 0.385. The van der Waals surface area contributed by atoms with E-state index in [1.165, 1.54) is 0 Å². The first-order valence-electron chi connectivity index (χ1n) is 7.05. The van der Waals surface area contributed by atoms with Gasteiger partial charge in [0.1, 0.15) is 5.69 Å². The van der Waals surface area contributed by atoms with Crippen LogP contribution in [0.5, 0.6) is 0 Å². The van der Waals surface area contributed by atoms with Gasteiger partial charge in [-0.05, 0) is 37.8 Å². The number of rotatable bonds is 3. The number of imide groups is 1. The molecule has 3 N–H and O–H groups in total. The standard InChI is InChI=1S/C14H19N3O3/c18-11-6-9-3-4-10(7-11)17(9)8-13(19)16-14(20)12-2-1-5-15-12/h1-2,5,9-11,15,18H,3-4,6-8H2,(H,16,19,20). The van der Waals surface area contributed by atoms with Gasteiger partial charge in [-0.15, -0.1) is 0 Å². The highest BCUT2D eigenvalue weighted by atomic mass is 16.3. The van der Waals surface area contributed by atoms with Crippen molar-refractivity contribution in [2.45, 2.75) is 43.9 Å². The van der Waals surface area contributed by atoms with E-state index in [4.69, 9.17) is 0 Å². The van der Waals surface area contributed by atoms with Gasteiger partial charge in [0, 0.05) is 18.3 Å². The Morgan fingerprint density at radius 2 is 2.05 bits per heavy atom. The monoisotopic (exact) mass is 277 g/mol. The summed E-state index contributed by atoms with van der Waals surface area (Å²) in [7, 11) is 0. The number of aliphatic hydroxyl groups excluding tert-OH is 1. The van der Waals surface area contributed by atoms with Gasteiger partial charge in [0.2, 0.25) is 5.91 Å². The highest BCUT2D eigenvalue weighted by molar-refractivity contribution is 6.04. The average molecular weight is 277 g/mol. The van der Waals surface area contributed by atoms with E-state index in [9.17, 15) is 14.7 Å². The van der Waals surface area contributed by atoms with Gasteiger partial charge < -0.3 is 10.1 Å². The van der Waals surface area contributed by atoms with E-state index in [0.29, 0.717) is 5.69 Å². The smallest absolute Gasteiger partial charge is 0.274 e.